The van der Waals surface area contributed by atoms with Gasteiger partial charge >= 0.3 is 0 Å². The number of halogens is 1. The fourth-order valence-electron chi connectivity index (χ4n) is 1.89. The second-order valence-electron chi connectivity index (χ2n) is 4.09. The van der Waals surface area contributed by atoms with E-state index in [4.69, 9.17) is 4.43 Å². The summed E-state index contributed by atoms with van der Waals surface area (Å²) in [6, 6.07) is 12.1. The molecule has 0 saturated heterocycles. The molecule has 0 heterocycles. The lowest BCUT2D eigenvalue weighted by Gasteiger charge is -2.29. The largest absolute Gasteiger partial charge is 0.385 e. The molecule has 0 aliphatic rings. The number of alkyl halides is 1. The van der Waals surface area contributed by atoms with Gasteiger partial charge in [0.15, 0.2) is 8.32 Å². The molecule has 0 aromatic heterocycles. The van der Waals surface area contributed by atoms with E-state index >= 15 is 0 Å². The van der Waals surface area contributed by atoms with Crippen molar-refractivity contribution in [3.05, 3.63) is 35.9 Å². The Kier molecular flexibility index (Phi) is 7.31. The molecule has 1 atom stereocenters. The van der Waals surface area contributed by atoms with Crippen LogP contribution in [0.4, 0.5) is 4.39 Å². The fourth-order valence-corrected chi connectivity index (χ4v) is 4.47. The summed E-state index contributed by atoms with van der Waals surface area (Å²) in [6.45, 7) is 6.32. The molecular weight excluding hydrogens is 231 g/mol. The zero-order valence-corrected chi connectivity index (χ0v) is 11.4. The quantitative estimate of drug-likeness (QED) is 0.626. The Morgan fingerprint density at radius 3 is 1.94 bits per heavy atom. The summed E-state index contributed by atoms with van der Waals surface area (Å²) >= 11 is 0. The van der Waals surface area contributed by atoms with E-state index < -0.39 is 14.7 Å². The molecule has 0 N–H and O–H groups in total. The van der Waals surface area contributed by atoms with Crippen molar-refractivity contribution >= 4 is 8.32 Å². The Morgan fingerprint density at radius 2 is 1.53 bits per heavy atom. The minimum absolute atomic E-state index is 0. The van der Waals surface area contributed by atoms with Gasteiger partial charge in [0, 0.05) is 5.56 Å². The molecule has 0 saturated carbocycles. The van der Waals surface area contributed by atoms with Gasteiger partial charge in [-0.3, -0.25) is 0 Å². The summed E-state index contributed by atoms with van der Waals surface area (Å²) in [5.41, 5.74) is 0.634. The Bertz CT molecular complexity index is 290. The van der Waals surface area contributed by atoms with Crippen molar-refractivity contribution in [1.29, 1.82) is 0 Å². The standard InChI is InChI=1S/C13H21FOSi.CH4/c1-4-16(5-2,6-3)15-13(14)12-10-8-7-9-11-12;/h7-11,13H,4-6H2,1-3H3;1H4. The first-order chi connectivity index (χ1) is 7.67. The van der Waals surface area contributed by atoms with E-state index in [1.165, 1.54) is 0 Å². The summed E-state index contributed by atoms with van der Waals surface area (Å²) in [7, 11) is -1.84. The van der Waals surface area contributed by atoms with Gasteiger partial charge in [-0.25, -0.2) is 4.39 Å². The van der Waals surface area contributed by atoms with Crippen LogP contribution in [0.25, 0.3) is 0 Å². The SMILES string of the molecule is C.CC[Si](CC)(CC)OC(F)c1ccccc1. The topological polar surface area (TPSA) is 9.23 Å². The molecule has 98 valence electrons. The summed E-state index contributed by atoms with van der Waals surface area (Å²) < 4.78 is 19.7. The van der Waals surface area contributed by atoms with Gasteiger partial charge in [0.1, 0.15) is 0 Å². The maximum atomic E-state index is 14.0. The lowest BCUT2D eigenvalue weighted by atomic mass is 10.2. The summed E-state index contributed by atoms with van der Waals surface area (Å²) in [5, 5.41) is 0. The molecular formula is C14H25FOSi. The molecule has 0 aliphatic carbocycles. The highest BCUT2D eigenvalue weighted by molar-refractivity contribution is 6.73. The maximum Gasteiger partial charge on any atom is 0.216 e. The van der Waals surface area contributed by atoms with Gasteiger partial charge in [0.05, 0.1) is 0 Å². The molecule has 1 aromatic carbocycles. The third-order valence-corrected chi connectivity index (χ3v) is 7.92. The average Bonchev–Trinajstić information content (AvgIpc) is 2.37. The van der Waals surface area contributed by atoms with Crippen LogP contribution in [0.1, 0.15) is 40.1 Å². The zero-order valence-electron chi connectivity index (χ0n) is 10.4. The Balaban J connectivity index is 0.00000256. The Morgan fingerprint density at radius 1 is 1.06 bits per heavy atom. The monoisotopic (exact) mass is 256 g/mol. The normalized spacial score (nSPS) is 12.9. The molecule has 0 fully saturated rings. The lowest BCUT2D eigenvalue weighted by Crippen LogP contribution is -2.36. The van der Waals surface area contributed by atoms with Gasteiger partial charge in [-0.15, -0.1) is 0 Å². The predicted octanol–water partition coefficient (Wildman–Crippen LogP) is 5.31. The van der Waals surface area contributed by atoms with Gasteiger partial charge in [0.2, 0.25) is 6.36 Å². The highest BCUT2D eigenvalue weighted by Gasteiger charge is 2.32. The first kappa shape index (κ1) is 16.3. The first-order valence-corrected chi connectivity index (χ1v) is 8.57. The maximum absolute atomic E-state index is 14.0. The van der Waals surface area contributed by atoms with Crippen LogP contribution in [0.5, 0.6) is 0 Å². The fraction of sp³-hybridized carbons (Fsp3) is 0.571. The molecule has 1 rings (SSSR count). The van der Waals surface area contributed by atoms with Crippen LogP contribution in [0.3, 0.4) is 0 Å². The van der Waals surface area contributed by atoms with E-state index in [0.29, 0.717) is 5.56 Å². The van der Waals surface area contributed by atoms with Crippen LogP contribution in [0.15, 0.2) is 30.3 Å². The molecule has 3 heteroatoms. The van der Waals surface area contributed by atoms with Crippen molar-refractivity contribution in [2.24, 2.45) is 0 Å². The smallest absolute Gasteiger partial charge is 0.216 e. The third-order valence-electron chi connectivity index (χ3n) is 3.35. The van der Waals surface area contributed by atoms with Crippen molar-refractivity contribution in [1.82, 2.24) is 0 Å². The summed E-state index contributed by atoms with van der Waals surface area (Å²) in [4.78, 5) is 0. The number of rotatable bonds is 6. The van der Waals surface area contributed by atoms with Gasteiger partial charge in [0.25, 0.3) is 0 Å². The van der Waals surface area contributed by atoms with Gasteiger partial charge in [-0.1, -0.05) is 58.5 Å². The molecule has 0 amide bonds. The average molecular weight is 256 g/mol. The molecule has 0 spiro atoms. The van der Waals surface area contributed by atoms with Crippen LogP contribution >= 0.6 is 0 Å². The van der Waals surface area contributed by atoms with Crippen molar-refractivity contribution in [3.63, 3.8) is 0 Å². The van der Waals surface area contributed by atoms with Crippen LogP contribution in [-0.2, 0) is 4.43 Å². The van der Waals surface area contributed by atoms with Crippen molar-refractivity contribution in [2.75, 3.05) is 0 Å². The molecule has 0 aliphatic heterocycles. The number of hydrogen-bond donors (Lipinski definition) is 0. The number of hydrogen-bond acceptors (Lipinski definition) is 1. The molecule has 1 nitrogen and oxygen atoms in total. The minimum Gasteiger partial charge on any atom is -0.385 e. The highest BCUT2D eigenvalue weighted by Crippen LogP contribution is 2.30. The van der Waals surface area contributed by atoms with E-state index in [0.717, 1.165) is 18.1 Å². The van der Waals surface area contributed by atoms with Crippen molar-refractivity contribution < 1.29 is 8.82 Å². The first-order valence-electron chi connectivity index (χ1n) is 6.04. The van der Waals surface area contributed by atoms with Crippen LogP contribution < -0.4 is 0 Å². The Labute approximate surface area is 106 Å². The molecule has 1 unspecified atom stereocenters. The Hall–Kier alpha value is -0.673. The van der Waals surface area contributed by atoms with E-state index in [2.05, 4.69) is 20.8 Å². The van der Waals surface area contributed by atoms with Gasteiger partial charge < -0.3 is 4.43 Å². The van der Waals surface area contributed by atoms with E-state index in [-0.39, 0.29) is 7.43 Å². The molecule has 0 radical (unpaired) electrons. The van der Waals surface area contributed by atoms with E-state index in [1.807, 2.05) is 18.2 Å². The molecule has 0 bridgehead atoms. The molecule has 1 aromatic rings. The van der Waals surface area contributed by atoms with Gasteiger partial charge in [-0.2, -0.15) is 0 Å². The molecule has 17 heavy (non-hydrogen) atoms. The second-order valence-corrected chi connectivity index (χ2v) is 8.81. The summed E-state index contributed by atoms with van der Waals surface area (Å²) in [5.74, 6) is 0. The predicted molar refractivity (Wildman–Crippen MR) is 75.3 cm³/mol. The van der Waals surface area contributed by atoms with Crippen molar-refractivity contribution in [2.45, 2.75) is 52.7 Å². The second kappa shape index (κ2) is 7.61. The third kappa shape index (κ3) is 4.24. The van der Waals surface area contributed by atoms with E-state index in [1.54, 1.807) is 12.1 Å². The van der Waals surface area contributed by atoms with Gasteiger partial charge in [-0.05, 0) is 18.1 Å². The zero-order chi connectivity index (χ0) is 12.0. The van der Waals surface area contributed by atoms with E-state index in [9.17, 15) is 4.39 Å². The summed E-state index contributed by atoms with van der Waals surface area (Å²) in [6.07, 6.45) is -1.26. The van der Waals surface area contributed by atoms with Crippen LogP contribution in [-0.4, -0.2) is 8.32 Å². The highest BCUT2D eigenvalue weighted by atomic mass is 28.4. The lowest BCUT2D eigenvalue weighted by molar-refractivity contribution is 0.0552. The van der Waals surface area contributed by atoms with Crippen LogP contribution in [0.2, 0.25) is 18.1 Å². The van der Waals surface area contributed by atoms with Crippen LogP contribution in [0, 0.1) is 0 Å². The minimum atomic E-state index is -1.84. The number of benzene rings is 1. The van der Waals surface area contributed by atoms with Crippen molar-refractivity contribution in [3.8, 4) is 0 Å².